The highest BCUT2D eigenvalue weighted by atomic mass is 35.5. The molecule has 0 saturated carbocycles. The fourth-order valence-electron chi connectivity index (χ4n) is 3.55. The third-order valence-corrected chi connectivity index (χ3v) is 7.60. The van der Waals surface area contributed by atoms with Crippen molar-refractivity contribution in [1.82, 2.24) is 4.31 Å². The highest BCUT2D eigenvalue weighted by Gasteiger charge is 2.43. The van der Waals surface area contributed by atoms with E-state index >= 15 is 0 Å². The van der Waals surface area contributed by atoms with Crippen LogP contribution in [0.2, 0.25) is 10.0 Å². The minimum Gasteiger partial charge on any atom is -0.465 e. The van der Waals surface area contributed by atoms with Crippen LogP contribution in [0.5, 0.6) is 0 Å². The summed E-state index contributed by atoms with van der Waals surface area (Å²) < 4.78 is 32.3. The molecule has 10 heteroatoms. The molecule has 4 rings (SSSR count). The van der Waals surface area contributed by atoms with Crippen LogP contribution in [0, 0.1) is 0 Å². The van der Waals surface area contributed by atoms with Gasteiger partial charge in [0, 0.05) is 5.02 Å². The van der Waals surface area contributed by atoms with Gasteiger partial charge < -0.3 is 4.74 Å². The number of methoxy groups -OCH3 is 1. The zero-order valence-corrected chi connectivity index (χ0v) is 19.7. The number of ether oxygens (including phenoxy) is 1. The van der Waals surface area contributed by atoms with Crippen molar-refractivity contribution in [2.75, 3.05) is 12.0 Å². The number of nitrogens with zero attached hydrogens (tertiary/aromatic N) is 2. The molecule has 170 valence electrons. The van der Waals surface area contributed by atoms with E-state index in [-0.39, 0.29) is 33.7 Å². The Morgan fingerprint density at radius 3 is 2.21 bits per heavy atom. The number of anilines is 1. The topological polar surface area (TPSA) is 84.0 Å². The summed E-state index contributed by atoms with van der Waals surface area (Å²) in [5, 5.41) is 0.140. The van der Waals surface area contributed by atoms with Crippen LogP contribution in [-0.4, -0.2) is 31.8 Å². The van der Waals surface area contributed by atoms with Crippen LogP contribution in [-0.2, 0) is 27.8 Å². The van der Waals surface area contributed by atoms with Crippen LogP contribution in [0.1, 0.15) is 21.5 Å². The van der Waals surface area contributed by atoms with Gasteiger partial charge in [0.25, 0.3) is 10.0 Å². The van der Waals surface area contributed by atoms with Crippen LogP contribution in [0.4, 0.5) is 10.5 Å². The number of carbonyl (C=O) groups is 2. The van der Waals surface area contributed by atoms with Crippen LogP contribution < -0.4 is 4.90 Å². The number of fused-ring (bicyclic) bond motifs is 1. The van der Waals surface area contributed by atoms with Crippen molar-refractivity contribution in [2.24, 2.45) is 0 Å². The quantitative estimate of drug-likeness (QED) is 0.450. The van der Waals surface area contributed by atoms with Gasteiger partial charge in [0.05, 0.1) is 36.5 Å². The maximum atomic E-state index is 13.5. The molecule has 0 N–H and O–H groups in total. The van der Waals surface area contributed by atoms with Crippen molar-refractivity contribution >= 4 is 50.9 Å². The third-order valence-electron chi connectivity index (χ3n) is 5.16. The van der Waals surface area contributed by atoms with Crippen molar-refractivity contribution in [3.63, 3.8) is 0 Å². The SMILES string of the molecule is COC(=O)c1ccc(CN2C(=O)N(Cc3ccccc3)c3cc(Cl)cc(Cl)c3S2(=O)=O)cc1. The summed E-state index contributed by atoms with van der Waals surface area (Å²) >= 11 is 12.4. The molecule has 0 radical (unpaired) electrons. The molecule has 0 aromatic heterocycles. The second-order valence-electron chi connectivity index (χ2n) is 7.29. The Morgan fingerprint density at radius 2 is 1.58 bits per heavy atom. The van der Waals surface area contributed by atoms with Gasteiger partial charge in [-0.2, -0.15) is 0 Å². The predicted molar refractivity (Wildman–Crippen MR) is 125 cm³/mol. The lowest BCUT2D eigenvalue weighted by atomic mass is 10.1. The number of benzene rings is 3. The van der Waals surface area contributed by atoms with E-state index in [1.807, 2.05) is 30.3 Å². The zero-order valence-electron chi connectivity index (χ0n) is 17.4. The van der Waals surface area contributed by atoms with E-state index in [2.05, 4.69) is 4.74 Å². The normalized spacial score (nSPS) is 14.7. The summed E-state index contributed by atoms with van der Waals surface area (Å²) in [6.07, 6.45) is 0. The first-order valence-electron chi connectivity index (χ1n) is 9.77. The number of carbonyl (C=O) groups excluding carboxylic acids is 2. The van der Waals surface area contributed by atoms with Gasteiger partial charge in [-0.15, -0.1) is 0 Å². The van der Waals surface area contributed by atoms with Crippen molar-refractivity contribution < 1.29 is 22.7 Å². The molecule has 1 aliphatic heterocycles. The molecule has 2 amide bonds. The van der Waals surface area contributed by atoms with E-state index in [1.165, 1.54) is 36.3 Å². The molecular formula is C23H18Cl2N2O5S. The summed E-state index contributed by atoms with van der Waals surface area (Å²) in [5.41, 5.74) is 1.74. The largest absolute Gasteiger partial charge is 0.465 e. The number of sulfonamides is 1. The van der Waals surface area contributed by atoms with Crippen molar-refractivity contribution in [1.29, 1.82) is 0 Å². The molecule has 1 aliphatic rings. The maximum Gasteiger partial charge on any atom is 0.339 e. The van der Waals surface area contributed by atoms with Gasteiger partial charge in [-0.3, -0.25) is 4.90 Å². The molecule has 3 aromatic rings. The summed E-state index contributed by atoms with van der Waals surface area (Å²) in [6, 6.07) is 17.3. The highest BCUT2D eigenvalue weighted by Crippen LogP contribution is 2.42. The van der Waals surface area contributed by atoms with E-state index < -0.39 is 22.0 Å². The Morgan fingerprint density at radius 1 is 0.939 bits per heavy atom. The van der Waals surface area contributed by atoms with Gasteiger partial charge in [-0.1, -0.05) is 65.7 Å². The van der Waals surface area contributed by atoms with E-state index in [1.54, 1.807) is 12.1 Å². The van der Waals surface area contributed by atoms with Gasteiger partial charge >= 0.3 is 12.0 Å². The van der Waals surface area contributed by atoms with Gasteiger partial charge in [0.1, 0.15) is 4.90 Å². The van der Waals surface area contributed by atoms with E-state index in [9.17, 15) is 18.0 Å². The lowest BCUT2D eigenvalue weighted by Crippen LogP contribution is -2.50. The monoisotopic (exact) mass is 504 g/mol. The first kappa shape index (κ1) is 23.1. The second-order valence-corrected chi connectivity index (χ2v) is 9.93. The number of esters is 1. The molecule has 0 fully saturated rings. The van der Waals surface area contributed by atoms with E-state index in [4.69, 9.17) is 23.2 Å². The molecule has 0 atom stereocenters. The predicted octanol–water partition coefficient (Wildman–Crippen LogP) is 5.11. The molecule has 3 aromatic carbocycles. The molecule has 0 bridgehead atoms. The van der Waals surface area contributed by atoms with E-state index in [0.717, 1.165) is 9.87 Å². The number of urea groups is 1. The number of rotatable bonds is 5. The molecule has 0 spiro atoms. The Labute approximate surface area is 201 Å². The molecule has 0 aliphatic carbocycles. The Hall–Kier alpha value is -3.07. The van der Waals surface area contributed by atoms with Crippen LogP contribution in [0.15, 0.2) is 71.6 Å². The summed E-state index contributed by atoms with van der Waals surface area (Å²) in [5.74, 6) is -0.519. The second kappa shape index (κ2) is 9.05. The Bertz CT molecular complexity index is 1330. The Kier molecular flexibility index (Phi) is 6.34. The average Bonchev–Trinajstić information content (AvgIpc) is 2.79. The molecule has 1 heterocycles. The Balaban J connectivity index is 1.77. The fourth-order valence-corrected chi connectivity index (χ4v) is 5.91. The summed E-state index contributed by atoms with van der Waals surface area (Å²) in [4.78, 5) is 26.3. The number of hydrogen-bond acceptors (Lipinski definition) is 5. The lowest BCUT2D eigenvalue weighted by Gasteiger charge is -2.37. The van der Waals surface area contributed by atoms with Crippen LogP contribution >= 0.6 is 23.2 Å². The summed E-state index contributed by atoms with van der Waals surface area (Å²) in [6.45, 7) is -0.122. The maximum absolute atomic E-state index is 13.5. The summed E-state index contributed by atoms with van der Waals surface area (Å²) in [7, 11) is -3.01. The van der Waals surface area contributed by atoms with Gasteiger partial charge in [-0.05, 0) is 35.4 Å². The zero-order chi connectivity index (χ0) is 23.8. The van der Waals surface area contributed by atoms with Crippen LogP contribution in [0.25, 0.3) is 0 Å². The molecule has 0 saturated heterocycles. The highest BCUT2D eigenvalue weighted by molar-refractivity contribution is 7.90. The minimum absolute atomic E-state index is 0.0749. The van der Waals surface area contributed by atoms with Gasteiger partial charge in [0.15, 0.2) is 0 Å². The van der Waals surface area contributed by atoms with Crippen molar-refractivity contribution in [2.45, 2.75) is 18.0 Å². The number of hydrogen-bond donors (Lipinski definition) is 0. The van der Waals surface area contributed by atoms with Gasteiger partial charge in [0.2, 0.25) is 0 Å². The standard InChI is InChI=1S/C23H18Cl2N2O5S/c1-32-22(28)17-9-7-16(8-10-17)14-27-23(29)26(13-15-5-3-2-4-6-15)20-12-18(24)11-19(25)21(20)33(27,30)31/h2-12H,13-14H2,1H3. The third kappa shape index (κ3) is 4.42. The van der Waals surface area contributed by atoms with Gasteiger partial charge in [-0.25, -0.2) is 22.3 Å². The minimum atomic E-state index is -4.27. The molecule has 0 unspecified atom stereocenters. The lowest BCUT2D eigenvalue weighted by molar-refractivity contribution is 0.0600. The number of amides is 2. The molecule has 33 heavy (non-hydrogen) atoms. The fraction of sp³-hybridized carbons (Fsp3) is 0.130. The van der Waals surface area contributed by atoms with E-state index in [0.29, 0.717) is 11.1 Å². The number of halogens is 2. The first-order valence-corrected chi connectivity index (χ1v) is 12.0. The van der Waals surface area contributed by atoms with Crippen molar-refractivity contribution in [3.8, 4) is 0 Å². The van der Waals surface area contributed by atoms with Crippen LogP contribution in [0.3, 0.4) is 0 Å². The average molecular weight is 505 g/mol. The smallest absolute Gasteiger partial charge is 0.339 e. The molecular weight excluding hydrogens is 487 g/mol. The van der Waals surface area contributed by atoms with Crippen molar-refractivity contribution in [3.05, 3.63) is 93.5 Å². The first-order chi connectivity index (χ1) is 15.7. The molecule has 7 nitrogen and oxygen atoms in total.